The van der Waals surface area contributed by atoms with Gasteiger partial charge in [0.1, 0.15) is 0 Å². The second-order valence-corrected chi connectivity index (χ2v) is 7.26. The molecule has 5 nitrogen and oxygen atoms in total. The van der Waals surface area contributed by atoms with Gasteiger partial charge in [0.25, 0.3) is 0 Å². The first-order valence-corrected chi connectivity index (χ1v) is 9.61. The SMILES string of the molecule is CCN(CC)C(=O)CSc1nnc2c(C)cc3cc(C)c(C)cc3n12. The summed E-state index contributed by atoms with van der Waals surface area (Å²) >= 11 is 1.46. The van der Waals surface area contributed by atoms with Crippen molar-refractivity contribution in [2.24, 2.45) is 0 Å². The van der Waals surface area contributed by atoms with Crippen LogP contribution in [0.1, 0.15) is 30.5 Å². The number of carbonyl (C=O) groups excluding carboxylic acids is 1. The Balaban J connectivity index is 2.05. The molecule has 0 bridgehead atoms. The van der Waals surface area contributed by atoms with Crippen LogP contribution in [-0.4, -0.2) is 44.2 Å². The number of amides is 1. The molecular weight excluding hydrogens is 332 g/mol. The van der Waals surface area contributed by atoms with Gasteiger partial charge in [0, 0.05) is 13.1 Å². The molecule has 132 valence electrons. The largest absolute Gasteiger partial charge is 0.343 e. The Hall–Kier alpha value is -2.08. The number of rotatable bonds is 5. The second kappa shape index (κ2) is 7.04. The van der Waals surface area contributed by atoms with Gasteiger partial charge in [0.2, 0.25) is 5.91 Å². The average molecular weight is 356 g/mol. The maximum absolute atomic E-state index is 12.3. The van der Waals surface area contributed by atoms with Crippen LogP contribution in [0.4, 0.5) is 0 Å². The lowest BCUT2D eigenvalue weighted by molar-refractivity contribution is -0.127. The van der Waals surface area contributed by atoms with Gasteiger partial charge in [-0.25, -0.2) is 0 Å². The summed E-state index contributed by atoms with van der Waals surface area (Å²) < 4.78 is 2.08. The van der Waals surface area contributed by atoms with Gasteiger partial charge in [-0.3, -0.25) is 9.20 Å². The van der Waals surface area contributed by atoms with Crippen molar-refractivity contribution in [3.8, 4) is 0 Å². The molecule has 0 radical (unpaired) electrons. The van der Waals surface area contributed by atoms with E-state index in [-0.39, 0.29) is 5.91 Å². The predicted molar refractivity (Wildman–Crippen MR) is 103 cm³/mol. The third-order valence-electron chi connectivity index (χ3n) is 4.68. The van der Waals surface area contributed by atoms with Crippen molar-refractivity contribution in [2.45, 2.75) is 39.8 Å². The van der Waals surface area contributed by atoms with Crippen LogP contribution in [0.15, 0.2) is 23.4 Å². The molecule has 0 spiro atoms. The number of nitrogens with zero attached hydrogens (tertiary/aromatic N) is 4. The molecule has 0 saturated carbocycles. The molecule has 3 aromatic rings. The van der Waals surface area contributed by atoms with Crippen LogP contribution in [0.3, 0.4) is 0 Å². The Morgan fingerprint density at radius 2 is 1.68 bits per heavy atom. The molecule has 2 aromatic heterocycles. The van der Waals surface area contributed by atoms with Crippen LogP contribution < -0.4 is 0 Å². The monoisotopic (exact) mass is 356 g/mol. The maximum atomic E-state index is 12.3. The fourth-order valence-corrected chi connectivity index (χ4v) is 3.91. The van der Waals surface area contributed by atoms with Gasteiger partial charge in [-0.15, -0.1) is 10.2 Å². The van der Waals surface area contributed by atoms with E-state index in [1.165, 1.54) is 28.3 Å². The summed E-state index contributed by atoms with van der Waals surface area (Å²) in [5.41, 5.74) is 5.54. The fraction of sp³-hybridized carbons (Fsp3) is 0.421. The van der Waals surface area contributed by atoms with E-state index in [0.29, 0.717) is 5.75 Å². The third-order valence-corrected chi connectivity index (χ3v) is 5.60. The molecule has 0 unspecified atom stereocenters. The number of aryl methyl sites for hydroxylation is 3. The minimum atomic E-state index is 0.135. The molecule has 0 saturated heterocycles. The molecule has 0 aliphatic rings. The van der Waals surface area contributed by atoms with Crippen LogP contribution in [0.2, 0.25) is 0 Å². The summed E-state index contributed by atoms with van der Waals surface area (Å²) in [5.74, 6) is 0.513. The van der Waals surface area contributed by atoms with Crippen molar-refractivity contribution < 1.29 is 4.79 Å². The first-order valence-electron chi connectivity index (χ1n) is 8.62. The molecule has 3 rings (SSSR count). The Morgan fingerprint density at radius 1 is 1.04 bits per heavy atom. The molecule has 0 aliphatic carbocycles. The van der Waals surface area contributed by atoms with Gasteiger partial charge in [-0.05, 0) is 74.9 Å². The van der Waals surface area contributed by atoms with Crippen molar-refractivity contribution in [3.63, 3.8) is 0 Å². The van der Waals surface area contributed by atoms with E-state index >= 15 is 0 Å². The molecule has 0 atom stereocenters. The lowest BCUT2D eigenvalue weighted by Crippen LogP contribution is -2.31. The van der Waals surface area contributed by atoms with Gasteiger partial charge >= 0.3 is 0 Å². The van der Waals surface area contributed by atoms with Crippen LogP contribution in [-0.2, 0) is 4.79 Å². The van der Waals surface area contributed by atoms with Crippen molar-refractivity contribution >= 4 is 34.2 Å². The molecular formula is C19H24N4OS. The van der Waals surface area contributed by atoms with Crippen LogP contribution in [0, 0.1) is 20.8 Å². The van der Waals surface area contributed by atoms with Gasteiger partial charge in [-0.1, -0.05) is 11.8 Å². The fourth-order valence-electron chi connectivity index (χ4n) is 3.06. The number of pyridine rings is 1. The normalized spacial score (nSPS) is 11.4. The quantitative estimate of drug-likeness (QED) is 0.653. The number of carbonyl (C=O) groups is 1. The van der Waals surface area contributed by atoms with E-state index in [2.05, 4.69) is 46.6 Å². The summed E-state index contributed by atoms with van der Waals surface area (Å²) in [6.45, 7) is 11.8. The van der Waals surface area contributed by atoms with E-state index in [9.17, 15) is 4.79 Å². The van der Waals surface area contributed by atoms with E-state index in [1.54, 1.807) is 0 Å². The van der Waals surface area contributed by atoms with Crippen molar-refractivity contribution in [1.82, 2.24) is 19.5 Å². The second-order valence-electron chi connectivity index (χ2n) is 6.32. The highest BCUT2D eigenvalue weighted by Crippen LogP contribution is 2.27. The molecule has 6 heteroatoms. The van der Waals surface area contributed by atoms with Crippen LogP contribution in [0.5, 0.6) is 0 Å². The Morgan fingerprint density at radius 3 is 2.36 bits per heavy atom. The zero-order chi connectivity index (χ0) is 18.1. The number of aromatic nitrogens is 3. The zero-order valence-corrected chi connectivity index (χ0v) is 16.3. The van der Waals surface area contributed by atoms with Gasteiger partial charge in [-0.2, -0.15) is 0 Å². The van der Waals surface area contributed by atoms with E-state index in [4.69, 9.17) is 0 Å². The minimum absolute atomic E-state index is 0.135. The van der Waals surface area contributed by atoms with Crippen LogP contribution in [0.25, 0.3) is 16.6 Å². The van der Waals surface area contributed by atoms with Crippen molar-refractivity contribution in [1.29, 1.82) is 0 Å². The Kier molecular flexibility index (Phi) is 4.99. The Labute approximate surface area is 152 Å². The number of benzene rings is 1. The first kappa shape index (κ1) is 17.7. The number of hydrogen-bond acceptors (Lipinski definition) is 4. The maximum Gasteiger partial charge on any atom is 0.233 e. The molecule has 1 aromatic carbocycles. The smallest absolute Gasteiger partial charge is 0.233 e. The zero-order valence-electron chi connectivity index (χ0n) is 15.5. The van der Waals surface area contributed by atoms with Gasteiger partial charge in [0.15, 0.2) is 10.8 Å². The summed E-state index contributed by atoms with van der Waals surface area (Å²) in [4.78, 5) is 14.2. The van der Waals surface area contributed by atoms with Crippen LogP contribution >= 0.6 is 11.8 Å². The van der Waals surface area contributed by atoms with E-state index < -0.39 is 0 Å². The Bertz CT molecular complexity index is 944. The highest BCUT2D eigenvalue weighted by Gasteiger charge is 2.16. The lowest BCUT2D eigenvalue weighted by atomic mass is 10.0. The highest BCUT2D eigenvalue weighted by atomic mass is 32.2. The third kappa shape index (κ3) is 3.23. The number of fused-ring (bicyclic) bond motifs is 3. The molecule has 0 aliphatic heterocycles. The minimum Gasteiger partial charge on any atom is -0.343 e. The average Bonchev–Trinajstić information content (AvgIpc) is 3.01. The van der Waals surface area contributed by atoms with Gasteiger partial charge < -0.3 is 4.90 Å². The van der Waals surface area contributed by atoms with Gasteiger partial charge in [0.05, 0.1) is 11.3 Å². The molecule has 1 amide bonds. The summed E-state index contributed by atoms with van der Waals surface area (Å²) in [7, 11) is 0. The highest BCUT2D eigenvalue weighted by molar-refractivity contribution is 7.99. The summed E-state index contributed by atoms with van der Waals surface area (Å²) in [6, 6.07) is 6.53. The standard InChI is InChI=1S/C19H24N4OS/c1-6-22(7-2)17(24)11-25-19-21-20-18-14(5)9-15-8-12(3)13(4)10-16(15)23(18)19/h8-10H,6-7,11H2,1-5H3. The van der Waals surface area contributed by atoms with Crippen molar-refractivity contribution in [2.75, 3.05) is 18.8 Å². The van der Waals surface area contributed by atoms with E-state index in [1.807, 2.05) is 25.7 Å². The lowest BCUT2D eigenvalue weighted by Gasteiger charge is -2.17. The molecule has 2 heterocycles. The molecule has 0 fully saturated rings. The first-order chi connectivity index (χ1) is 12.0. The molecule has 25 heavy (non-hydrogen) atoms. The number of hydrogen-bond donors (Lipinski definition) is 0. The van der Waals surface area contributed by atoms with E-state index in [0.717, 1.165) is 35.0 Å². The predicted octanol–water partition coefficient (Wildman–Crippen LogP) is 3.77. The molecule has 0 N–H and O–H groups in total. The summed E-state index contributed by atoms with van der Waals surface area (Å²) in [6.07, 6.45) is 0. The summed E-state index contributed by atoms with van der Waals surface area (Å²) in [5, 5.41) is 10.6. The topological polar surface area (TPSA) is 50.5 Å². The van der Waals surface area contributed by atoms with Crippen molar-refractivity contribution in [3.05, 3.63) is 34.9 Å². The number of thioether (sulfide) groups is 1.